The van der Waals surface area contributed by atoms with E-state index >= 15 is 0 Å². The van der Waals surface area contributed by atoms with Crippen LogP contribution in [0.3, 0.4) is 0 Å². The van der Waals surface area contributed by atoms with Crippen molar-refractivity contribution >= 4 is 37.7 Å². The first-order valence-electron chi connectivity index (χ1n) is 18.9. The van der Waals surface area contributed by atoms with Crippen molar-refractivity contribution < 1.29 is 56.7 Å². The Morgan fingerprint density at radius 3 is 1.77 bits per heavy atom. The fourth-order valence-electron chi connectivity index (χ4n) is 4.51. The summed E-state index contributed by atoms with van der Waals surface area (Å²) in [6.45, 7) is 11.0. The third-order valence-corrected chi connectivity index (χ3v) is 8.20. The van der Waals surface area contributed by atoms with Gasteiger partial charge >= 0.3 is 25.9 Å². The molecule has 0 fully saturated rings. The van der Waals surface area contributed by atoms with Crippen LogP contribution in [0.4, 0.5) is 4.79 Å². The molecule has 16 heteroatoms. The second-order valence-corrected chi connectivity index (χ2v) is 14.8. The maximum atomic E-state index is 12.7. The van der Waals surface area contributed by atoms with Crippen molar-refractivity contribution in [1.82, 2.24) is 15.5 Å². The number of allylic oxidation sites excluding steroid dienone is 2. The predicted molar refractivity (Wildman–Crippen MR) is 202 cm³/mol. The first-order valence-corrected chi connectivity index (χ1v) is 20.4. The van der Waals surface area contributed by atoms with E-state index in [4.69, 9.17) is 23.3 Å². The van der Waals surface area contributed by atoms with Crippen LogP contribution in [0.2, 0.25) is 0 Å². The molecule has 0 aromatic rings. The highest BCUT2D eigenvalue weighted by Gasteiger charge is 2.29. The van der Waals surface area contributed by atoms with E-state index in [-0.39, 0.29) is 25.9 Å². The van der Waals surface area contributed by atoms with Crippen molar-refractivity contribution in [3.05, 3.63) is 24.3 Å². The van der Waals surface area contributed by atoms with Gasteiger partial charge in [0.2, 0.25) is 11.8 Å². The standard InChI is InChI=1S/C37H66N3O12P/c1-7-10-13-14-15-16-19-25-40(36(45)51-37(4,5)6)26-20-23-38-32(41)28-33(42)39-24-27-50-53(46,47)52-31(29-48-34(43)21-17-11-8-2)30-49-35(44)22-18-12-9-3/h11-12,17-18,31H,7-10,13-16,19-30H2,1-6H3,(H,38,41)(H,39,42)(H,46,47)/b17-11-,18-12-. The van der Waals surface area contributed by atoms with Gasteiger partial charge in [-0.2, -0.15) is 0 Å². The van der Waals surface area contributed by atoms with Crippen LogP contribution in [0.15, 0.2) is 24.3 Å². The van der Waals surface area contributed by atoms with Gasteiger partial charge in [0.25, 0.3) is 0 Å². The van der Waals surface area contributed by atoms with Crippen molar-refractivity contribution in [2.24, 2.45) is 0 Å². The molecule has 15 nitrogen and oxygen atoms in total. The first kappa shape index (κ1) is 49.7. The minimum absolute atomic E-state index is 0.0147. The molecule has 0 aromatic heterocycles. The Morgan fingerprint density at radius 1 is 0.736 bits per heavy atom. The minimum atomic E-state index is -4.75. The molecule has 0 heterocycles. The summed E-state index contributed by atoms with van der Waals surface area (Å²) < 4.78 is 38.4. The Morgan fingerprint density at radius 2 is 1.25 bits per heavy atom. The molecule has 0 rings (SSSR count). The molecular formula is C37H66N3O12P. The lowest BCUT2D eigenvalue weighted by atomic mass is 10.1. The van der Waals surface area contributed by atoms with Gasteiger partial charge in [0, 0.05) is 26.2 Å². The largest absolute Gasteiger partial charge is 0.472 e. The molecule has 0 radical (unpaired) electrons. The Labute approximate surface area is 316 Å². The number of phosphoric ester groups is 1. The summed E-state index contributed by atoms with van der Waals surface area (Å²) in [4.78, 5) is 73.2. The second-order valence-electron chi connectivity index (χ2n) is 13.4. The van der Waals surface area contributed by atoms with Gasteiger partial charge in [-0.15, -0.1) is 0 Å². The third kappa shape index (κ3) is 30.9. The van der Waals surface area contributed by atoms with E-state index in [0.29, 0.717) is 19.5 Å². The number of nitrogens with one attached hydrogen (secondary N) is 2. The van der Waals surface area contributed by atoms with Gasteiger partial charge in [0.05, 0.1) is 19.4 Å². The normalized spacial score (nSPS) is 12.8. The number of nitrogens with zero attached hydrogens (tertiary/aromatic N) is 1. The summed E-state index contributed by atoms with van der Waals surface area (Å²) in [6.07, 6.45) is 14.3. The topological polar surface area (TPSA) is 196 Å². The molecule has 3 N–H and O–H groups in total. The maximum Gasteiger partial charge on any atom is 0.472 e. The van der Waals surface area contributed by atoms with Crippen LogP contribution in [0, 0.1) is 0 Å². The number of esters is 2. The summed E-state index contributed by atoms with van der Waals surface area (Å²) in [5, 5.41) is 5.09. The SMILES string of the molecule is CC/C=C\CC(=O)OCC(COC(=O)C/C=C\CC)OP(=O)(O)OCCNC(=O)CC(=O)NCCCN(CCCCCCCCC)C(=O)OC(C)(C)C. The lowest BCUT2D eigenvalue weighted by molar-refractivity contribution is -0.151. The molecule has 306 valence electrons. The lowest BCUT2D eigenvalue weighted by Gasteiger charge is -2.27. The molecule has 0 bridgehead atoms. The highest BCUT2D eigenvalue weighted by atomic mass is 31.2. The molecule has 0 aliphatic carbocycles. The molecule has 1 unspecified atom stereocenters. The number of unbranched alkanes of at least 4 members (excludes halogenated alkanes) is 6. The highest BCUT2D eigenvalue weighted by Crippen LogP contribution is 2.44. The van der Waals surface area contributed by atoms with Crippen LogP contribution < -0.4 is 10.6 Å². The van der Waals surface area contributed by atoms with Gasteiger partial charge in [-0.3, -0.25) is 28.2 Å². The maximum absolute atomic E-state index is 12.7. The first-order chi connectivity index (χ1) is 25.1. The fraction of sp³-hybridized carbons (Fsp3) is 0.757. The zero-order valence-electron chi connectivity index (χ0n) is 32.9. The number of hydrogen-bond acceptors (Lipinski definition) is 11. The average Bonchev–Trinajstić information content (AvgIpc) is 3.07. The van der Waals surface area contributed by atoms with E-state index in [0.717, 1.165) is 32.1 Å². The molecule has 0 spiro atoms. The summed E-state index contributed by atoms with van der Waals surface area (Å²) in [5.41, 5.74) is -0.629. The monoisotopic (exact) mass is 775 g/mol. The van der Waals surface area contributed by atoms with E-state index in [1.54, 1.807) is 29.2 Å². The molecule has 53 heavy (non-hydrogen) atoms. The molecule has 3 amide bonds. The van der Waals surface area contributed by atoms with Gasteiger partial charge in [-0.25, -0.2) is 9.36 Å². The molecule has 0 saturated carbocycles. The molecule has 0 aromatic carbocycles. The summed E-state index contributed by atoms with van der Waals surface area (Å²) in [5.74, 6) is -2.39. The number of amides is 3. The minimum Gasteiger partial charge on any atom is -0.463 e. The summed E-state index contributed by atoms with van der Waals surface area (Å²) in [6, 6.07) is 0. The number of hydrogen-bond donors (Lipinski definition) is 3. The zero-order chi connectivity index (χ0) is 40.0. The number of phosphoric acid groups is 1. The van der Waals surface area contributed by atoms with Crippen molar-refractivity contribution in [3.8, 4) is 0 Å². The van der Waals surface area contributed by atoms with Crippen molar-refractivity contribution in [2.75, 3.05) is 46.0 Å². The smallest absolute Gasteiger partial charge is 0.463 e. The lowest BCUT2D eigenvalue weighted by Crippen LogP contribution is -2.39. The Balaban J connectivity index is 4.72. The number of ether oxygens (including phenoxy) is 3. The van der Waals surface area contributed by atoms with E-state index in [2.05, 4.69) is 17.6 Å². The van der Waals surface area contributed by atoms with Gasteiger partial charge in [-0.05, 0) is 46.5 Å². The summed E-state index contributed by atoms with van der Waals surface area (Å²) in [7, 11) is -4.75. The molecule has 0 aliphatic heterocycles. The fourth-order valence-corrected chi connectivity index (χ4v) is 5.39. The third-order valence-electron chi connectivity index (χ3n) is 7.13. The Hall–Kier alpha value is -3.26. The van der Waals surface area contributed by atoms with Crippen LogP contribution in [-0.4, -0.2) is 97.3 Å². The molecule has 0 aliphatic rings. The molecule has 1 atom stereocenters. The average molecular weight is 776 g/mol. The van der Waals surface area contributed by atoms with Crippen LogP contribution >= 0.6 is 7.82 Å². The molecule has 0 saturated heterocycles. The molecular weight excluding hydrogens is 709 g/mol. The van der Waals surface area contributed by atoms with Gasteiger partial charge in [0.1, 0.15) is 31.3 Å². The van der Waals surface area contributed by atoms with Crippen molar-refractivity contribution in [2.45, 2.75) is 137 Å². The quantitative estimate of drug-likeness (QED) is 0.0185. The van der Waals surface area contributed by atoms with Gasteiger partial charge < -0.3 is 34.6 Å². The number of carbonyl (C=O) groups is 5. The number of rotatable bonds is 30. The zero-order valence-corrected chi connectivity index (χ0v) is 33.8. The van der Waals surface area contributed by atoms with Crippen LogP contribution in [0.5, 0.6) is 0 Å². The van der Waals surface area contributed by atoms with Gasteiger partial charge in [0.15, 0.2) is 0 Å². The second kappa shape index (κ2) is 30.1. The van der Waals surface area contributed by atoms with Gasteiger partial charge in [-0.1, -0.05) is 83.6 Å². The predicted octanol–water partition coefficient (Wildman–Crippen LogP) is 6.29. The summed E-state index contributed by atoms with van der Waals surface area (Å²) >= 11 is 0. The van der Waals surface area contributed by atoms with Crippen LogP contribution in [-0.2, 0) is 47.0 Å². The van der Waals surface area contributed by atoms with Crippen molar-refractivity contribution in [1.29, 1.82) is 0 Å². The van der Waals surface area contributed by atoms with E-state index in [1.165, 1.54) is 25.7 Å². The van der Waals surface area contributed by atoms with Crippen LogP contribution in [0.25, 0.3) is 0 Å². The van der Waals surface area contributed by atoms with E-state index in [1.807, 2.05) is 34.6 Å². The number of carbonyl (C=O) groups excluding carboxylic acids is 5. The van der Waals surface area contributed by atoms with E-state index < -0.39 is 75.6 Å². The van der Waals surface area contributed by atoms with E-state index in [9.17, 15) is 33.4 Å². The van der Waals surface area contributed by atoms with Crippen LogP contribution in [0.1, 0.15) is 125 Å². The Kier molecular flexibility index (Phi) is 28.3. The van der Waals surface area contributed by atoms with Crippen molar-refractivity contribution in [3.63, 3.8) is 0 Å². The Bertz CT molecular complexity index is 1140. The highest BCUT2D eigenvalue weighted by molar-refractivity contribution is 7.47.